The van der Waals surface area contributed by atoms with E-state index in [1.807, 2.05) is 6.08 Å². The van der Waals surface area contributed by atoms with Crippen LogP contribution in [0.2, 0.25) is 0 Å². The predicted molar refractivity (Wildman–Crippen MR) is 69.5 cm³/mol. The zero-order valence-electron chi connectivity index (χ0n) is 9.49. The molecule has 0 amide bonds. The van der Waals surface area contributed by atoms with Crippen molar-refractivity contribution in [3.05, 3.63) is 47.5 Å². The molecule has 0 spiro atoms. The Labute approximate surface area is 98.8 Å². The van der Waals surface area contributed by atoms with Crippen molar-refractivity contribution < 1.29 is 0 Å². The number of hydrogen-bond acceptors (Lipinski definition) is 1. The molecule has 0 aliphatic rings. The number of aryl methyl sites for hydroxylation is 1. The molecule has 0 bridgehead atoms. The third kappa shape index (κ3) is 3.69. The Morgan fingerprint density at radius 3 is 2.67 bits per heavy atom. The second kappa shape index (κ2) is 6.65. The number of nitrogens with two attached hydrogens (primary N) is 1. The van der Waals surface area contributed by atoms with Gasteiger partial charge in [0.25, 0.3) is 0 Å². The number of halogens is 1. The van der Waals surface area contributed by atoms with Gasteiger partial charge in [0.2, 0.25) is 0 Å². The van der Waals surface area contributed by atoms with Gasteiger partial charge < -0.3 is 5.73 Å². The third-order valence-corrected chi connectivity index (χ3v) is 2.73. The molecule has 1 aromatic rings. The van der Waals surface area contributed by atoms with Crippen LogP contribution in [-0.2, 0) is 0 Å². The lowest BCUT2D eigenvalue weighted by molar-refractivity contribution is 0.657. The Balaban J connectivity index is 0.00000196. The van der Waals surface area contributed by atoms with Crippen LogP contribution in [0.25, 0.3) is 0 Å². The van der Waals surface area contributed by atoms with Crippen molar-refractivity contribution >= 4 is 12.4 Å². The Bertz CT molecular complexity index is 320. The number of allylic oxidation sites excluding steroid dienone is 1. The molecule has 1 atom stereocenters. The second-order valence-corrected chi connectivity index (χ2v) is 3.76. The van der Waals surface area contributed by atoms with Crippen LogP contribution in [0.4, 0.5) is 0 Å². The Morgan fingerprint density at radius 1 is 1.40 bits per heavy atom. The summed E-state index contributed by atoms with van der Waals surface area (Å²) in [6.45, 7) is 7.97. The zero-order valence-corrected chi connectivity index (χ0v) is 10.3. The van der Waals surface area contributed by atoms with Gasteiger partial charge in [0.05, 0.1) is 0 Å². The van der Waals surface area contributed by atoms with Gasteiger partial charge in [0.1, 0.15) is 0 Å². The van der Waals surface area contributed by atoms with Gasteiger partial charge in [-0.15, -0.1) is 19.0 Å². The summed E-state index contributed by atoms with van der Waals surface area (Å²) in [5.74, 6) is 0. The van der Waals surface area contributed by atoms with E-state index in [9.17, 15) is 0 Å². The minimum atomic E-state index is 0. The van der Waals surface area contributed by atoms with E-state index in [0.29, 0.717) is 0 Å². The lowest BCUT2D eigenvalue weighted by atomic mass is 9.95. The molecule has 0 aromatic heterocycles. The van der Waals surface area contributed by atoms with Crippen molar-refractivity contribution in [2.24, 2.45) is 5.73 Å². The highest BCUT2D eigenvalue weighted by atomic mass is 35.5. The van der Waals surface area contributed by atoms with E-state index in [1.165, 1.54) is 16.7 Å². The molecule has 0 fully saturated rings. The first kappa shape index (κ1) is 14.2. The maximum atomic E-state index is 6.10. The zero-order chi connectivity index (χ0) is 10.6. The van der Waals surface area contributed by atoms with E-state index in [2.05, 4.69) is 38.6 Å². The van der Waals surface area contributed by atoms with E-state index in [4.69, 9.17) is 5.73 Å². The number of benzene rings is 1. The maximum absolute atomic E-state index is 6.10. The smallest absolute Gasteiger partial charge is 0.0300 e. The summed E-state index contributed by atoms with van der Waals surface area (Å²) in [5, 5.41) is 0. The van der Waals surface area contributed by atoms with Crippen LogP contribution in [0.15, 0.2) is 30.9 Å². The number of hydrogen-bond donors (Lipinski definition) is 1. The molecular formula is C13H20ClN. The molecule has 15 heavy (non-hydrogen) atoms. The molecule has 1 nitrogen and oxygen atoms in total. The SMILES string of the molecule is C=CCC[C@@H](N)c1cccc(C)c1C.Cl. The van der Waals surface area contributed by atoms with Crippen LogP contribution in [0.1, 0.15) is 35.6 Å². The Morgan fingerprint density at radius 2 is 2.07 bits per heavy atom. The first-order chi connectivity index (χ1) is 6.66. The first-order valence-electron chi connectivity index (χ1n) is 5.09. The molecule has 0 saturated heterocycles. The quantitative estimate of drug-likeness (QED) is 0.778. The van der Waals surface area contributed by atoms with E-state index < -0.39 is 0 Å². The molecule has 0 unspecified atom stereocenters. The van der Waals surface area contributed by atoms with Crippen LogP contribution < -0.4 is 5.73 Å². The summed E-state index contributed by atoms with van der Waals surface area (Å²) in [6.07, 6.45) is 3.88. The average Bonchev–Trinajstić information content (AvgIpc) is 2.18. The fourth-order valence-electron chi connectivity index (χ4n) is 1.63. The van der Waals surface area contributed by atoms with Crippen molar-refractivity contribution in [1.82, 2.24) is 0 Å². The Kier molecular flexibility index (Phi) is 6.30. The average molecular weight is 226 g/mol. The van der Waals surface area contributed by atoms with Crippen LogP contribution in [-0.4, -0.2) is 0 Å². The van der Waals surface area contributed by atoms with Gasteiger partial charge >= 0.3 is 0 Å². The van der Waals surface area contributed by atoms with E-state index in [-0.39, 0.29) is 18.4 Å². The molecule has 0 saturated carbocycles. The lowest BCUT2D eigenvalue weighted by Gasteiger charge is -2.15. The highest BCUT2D eigenvalue weighted by molar-refractivity contribution is 5.85. The molecule has 2 N–H and O–H groups in total. The fourth-order valence-corrected chi connectivity index (χ4v) is 1.63. The minimum absolute atomic E-state index is 0. The van der Waals surface area contributed by atoms with Crippen molar-refractivity contribution in [2.45, 2.75) is 32.7 Å². The molecule has 0 aliphatic carbocycles. The second-order valence-electron chi connectivity index (χ2n) is 3.76. The first-order valence-corrected chi connectivity index (χ1v) is 5.09. The summed E-state index contributed by atoms with van der Waals surface area (Å²) < 4.78 is 0. The van der Waals surface area contributed by atoms with E-state index in [0.717, 1.165) is 12.8 Å². The van der Waals surface area contributed by atoms with Crippen molar-refractivity contribution in [3.63, 3.8) is 0 Å². The third-order valence-electron chi connectivity index (χ3n) is 2.73. The molecule has 1 rings (SSSR count). The summed E-state index contributed by atoms with van der Waals surface area (Å²) in [6, 6.07) is 6.47. The molecular weight excluding hydrogens is 206 g/mol. The largest absolute Gasteiger partial charge is 0.324 e. The monoisotopic (exact) mass is 225 g/mol. The van der Waals surface area contributed by atoms with Gasteiger partial charge in [-0.2, -0.15) is 0 Å². The van der Waals surface area contributed by atoms with Crippen molar-refractivity contribution in [1.29, 1.82) is 0 Å². The maximum Gasteiger partial charge on any atom is 0.0300 e. The van der Waals surface area contributed by atoms with Crippen LogP contribution in [0, 0.1) is 13.8 Å². The topological polar surface area (TPSA) is 26.0 Å². The van der Waals surface area contributed by atoms with Crippen LogP contribution in [0.5, 0.6) is 0 Å². The molecule has 0 heterocycles. The lowest BCUT2D eigenvalue weighted by Crippen LogP contribution is -2.11. The van der Waals surface area contributed by atoms with Gasteiger partial charge in [0, 0.05) is 6.04 Å². The van der Waals surface area contributed by atoms with E-state index >= 15 is 0 Å². The van der Waals surface area contributed by atoms with Crippen LogP contribution >= 0.6 is 12.4 Å². The molecule has 84 valence electrons. The molecule has 0 aliphatic heterocycles. The normalized spacial score (nSPS) is 11.7. The van der Waals surface area contributed by atoms with Crippen LogP contribution in [0.3, 0.4) is 0 Å². The highest BCUT2D eigenvalue weighted by Crippen LogP contribution is 2.21. The molecule has 2 heteroatoms. The predicted octanol–water partition coefficient (Wildman–Crippen LogP) is 3.69. The summed E-state index contributed by atoms with van der Waals surface area (Å²) >= 11 is 0. The standard InChI is InChI=1S/C13H19N.ClH/c1-4-5-9-13(14)12-8-6-7-10(2)11(12)3;/h4,6-8,13H,1,5,9,14H2,2-3H3;1H/t13-;/m1./s1. The van der Waals surface area contributed by atoms with Gasteiger partial charge in [-0.3, -0.25) is 0 Å². The number of rotatable bonds is 4. The fraction of sp³-hybridized carbons (Fsp3) is 0.385. The van der Waals surface area contributed by atoms with Gasteiger partial charge in [-0.1, -0.05) is 24.3 Å². The van der Waals surface area contributed by atoms with Gasteiger partial charge in [-0.05, 0) is 43.4 Å². The van der Waals surface area contributed by atoms with Crippen molar-refractivity contribution in [2.75, 3.05) is 0 Å². The van der Waals surface area contributed by atoms with E-state index in [1.54, 1.807) is 0 Å². The molecule has 1 aromatic carbocycles. The van der Waals surface area contributed by atoms with Gasteiger partial charge in [-0.25, -0.2) is 0 Å². The highest BCUT2D eigenvalue weighted by Gasteiger charge is 2.08. The minimum Gasteiger partial charge on any atom is -0.324 e. The summed E-state index contributed by atoms with van der Waals surface area (Å²) in [5.41, 5.74) is 10.0. The Hall–Kier alpha value is -0.790. The summed E-state index contributed by atoms with van der Waals surface area (Å²) in [7, 11) is 0. The van der Waals surface area contributed by atoms with Gasteiger partial charge in [0.15, 0.2) is 0 Å². The summed E-state index contributed by atoms with van der Waals surface area (Å²) in [4.78, 5) is 0. The molecule has 0 radical (unpaired) electrons. The van der Waals surface area contributed by atoms with Crippen molar-refractivity contribution in [3.8, 4) is 0 Å².